The Bertz CT molecular complexity index is 466. The van der Waals surface area contributed by atoms with Crippen molar-refractivity contribution in [2.75, 3.05) is 18.5 Å². The number of hydrogen-bond acceptors (Lipinski definition) is 2. The zero-order valence-electron chi connectivity index (χ0n) is 10.4. The smallest absolute Gasteiger partial charge is 0.250 e. The number of carbonyl (C=O) groups is 1. The molecule has 0 atom stereocenters. The van der Waals surface area contributed by atoms with Gasteiger partial charge in [0.1, 0.15) is 0 Å². The molecule has 0 radical (unpaired) electrons. The largest absolute Gasteiger partial charge is 0.312 e. The van der Waals surface area contributed by atoms with Crippen LogP contribution in [0.5, 0.6) is 0 Å². The average Bonchev–Trinajstić information content (AvgIpc) is 2.38. The molecule has 0 aromatic heterocycles. The third-order valence-electron chi connectivity index (χ3n) is 3.41. The zero-order chi connectivity index (χ0) is 12.4. The molecule has 1 amide bonds. The van der Waals surface area contributed by atoms with E-state index in [0.29, 0.717) is 0 Å². The summed E-state index contributed by atoms with van der Waals surface area (Å²) in [5.41, 5.74) is 4.88. The van der Waals surface area contributed by atoms with Crippen molar-refractivity contribution in [3.63, 3.8) is 0 Å². The number of benzene rings is 1. The summed E-state index contributed by atoms with van der Waals surface area (Å²) < 4.78 is 0. The van der Waals surface area contributed by atoms with Gasteiger partial charge in [-0.15, -0.1) is 0 Å². The van der Waals surface area contributed by atoms with Crippen molar-refractivity contribution in [2.24, 2.45) is 0 Å². The highest BCUT2D eigenvalue weighted by atomic mass is 16.2. The van der Waals surface area contributed by atoms with Gasteiger partial charge >= 0.3 is 0 Å². The minimum absolute atomic E-state index is 0.0724. The van der Waals surface area contributed by atoms with Crippen LogP contribution in [0.3, 0.4) is 0 Å². The predicted molar refractivity (Wildman–Crippen MR) is 70.2 cm³/mol. The van der Waals surface area contributed by atoms with Crippen LogP contribution < -0.4 is 10.2 Å². The quantitative estimate of drug-likeness (QED) is 0.786. The standard InChI is InChI=1S/C14H18N2O/c1-4-14(17)16(3)13-6-5-11-7-8-15-9-12(11)10(13)2/h4-6,15H,1,7-9H2,2-3H3. The Balaban J connectivity index is 2.42. The lowest BCUT2D eigenvalue weighted by atomic mass is 9.95. The molecule has 17 heavy (non-hydrogen) atoms. The number of amides is 1. The van der Waals surface area contributed by atoms with E-state index in [4.69, 9.17) is 0 Å². The zero-order valence-corrected chi connectivity index (χ0v) is 10.4. The lowest BCUT2D eigenvalue weighted by molar-refractivity contribution is -0.113. The van der Waals surface area contributed by atoms with Crippen molar-refractivity contribution in [1.82, 2.24) is 5.32 Å². The van der Waals surface area contributed by atoms with Crippen molar-refractivity contribution in [2.45, 2.75) is 19.9 Å². The molecule has 3 heteroatoms. The minimum atomic E-state index is -0.0724. The maximum absolute atomic E-state index is 11.6. The minimum Gasteiger partial charge on any atom is -0.312 e. The molecular weight excluding hydrogens is 212 g/mol. The van der Waals surface area contributed by atoms with Gasteiger partial charge < -0.3 is 10.2 Å². The van der Waals surface area contributed by atoms with Crippen LogP contribution in [0.15, 0.2) is 24.8 Å². The Labute approximate surface area is 102 Å². The van der Waals surface area contributed by atoms with Gasteiger partial charge in [0.05, 0.1) is 0 Å². The van der Waals surface area contributed by atoms with Gasteiger partial charge in [0.15, 0.2) is 0 Å². The Morgan fingerprint density at radius 1 is 1.53 bits per heavy atom. The van der Waals surface area contributed by atoms with Gasteiger partial charge in [-0.1, -0.05) is 12.6 Å². The van der Waals surface area contributed by atoms with Crippen LogP contribution in [-0.2, 0) is 17.8 Å². The van der Waals surface area contributed by atoms with Gasteiger partial charge in [0.2, 0.25) is 5.91 Å². The second-order valence-electron chi connectivity index (χ2n) is 4.38. The van der Waals surface area contributed by atoms with Crippen LogP contribution in [-0.4, -0.2) is 19.5 Å². The molecule has 0 aliphatic carbocycles. The van der Waals surface area contributed by atoms with Crippen LogP contribution in [0.4, 0.5) is 5.69 Å². The third-order valence-corrected chi connectivity index (χ3v) is 3.41. The summed E-state index contributed by atoms with van der Waals surface area (Å²) in [5, 5.41) is 3.37. The molecule has 0 bridgehead atoms. The van der Waals surface area contributed by atoms with E-state index in [9.17, 15) is 4.79 Å². The highest BCUT2D eigenvalue weighted by Crippen LogP contribution is 2.27. The summed E-state index contributed by atoms with van der Waals surface area (Å²) in [6, 6.07) is 4.16. The summed E-state index contributed by atoms with van der Waals surface area (Å²) >= 11 is 0. The number of likely N-dealkylation sites (N-methyl/N-ethyl adjacent to an activating group) is 1. The van der Waals surface area contributed by atoms with Crippen molar-refractivity contribution in [1.29, 1.82) is 0 Å². The van der Waals surface area contributed by atoms with E-state index in [1.54, 1.807) is 11.9 Å². The summed E-state index contributed by atoms with van der Waals surface area (Å²) in [5.74, 6) is -0.0724. The number of hydrogen-bond donors (Lipinski definition) is 1. The first-order chi connectivity index (χ1) is 8.15. The molecule has 1 aliphatic rings. The molecule has 0 spiro atoms. The first-order valence-corrected chi connectivity index (χ1v) is 5.87. The second-order valence-corrected chi connectivity index (χ2v) is 4.38. The van der Waals surface area contributed by atoms with Gasteiger partial charge in [0, 0.05) is 19.3 Å². The molecular formula is C14H18N2O. The fraction of sp³-hybridized carbons (Fsp3) is 0.357. The molecule has 1 aromatic rings. The average molecular weight is 230 g/mol. The lowest BCUT2D eigenvalue weighted by Gasteiger charge is -2.25. The number of fused-ring (bicyclic) bond motifs is 1. The molecule has 1 heterocycles. The van der Waals surface area contributed by atoms with Crippen molar-refractivity contribution >= 4 is 11.6 Å². The lowest BCUT2D eigenvalue weighted by Crippen LogP contribution is -2.28. The second kappa shape index (κ2) is 4.72. The highest BCUT2D eigenvalue weighted by molar-refractivity contribution is 6.01. The Hall–Kier alpha value is -1.61. The molecule has 3 nitrogen and oxygen atoms in total. The Morgan fingerprint density at radius 3 is 3.00 bits per heavy atom. The van der Waals surface area contributed by atoms with Gasteiger partial charge in [0.25, 0.3) is 0 Å². The van der Waals surface area contributed by atoms with Gasteiger partial charge in [-0.3, -0.25) is 4.79 Å². The van der Waals surface area contributed by atoms with E-state index in [2.05, 4.69) is 24.9 Å². The van der Waals surface area contributed by atoms with Crippen LogP contribution in [0.25, 0.3) is 0 Å². The van der Waals surface area contributed by atoms with E-state index < -0.39 is 0 Å². The molecule has 90 valence electrons. The number of anilines is 1. The topological polar surface area (TPSA) is 32.3 Å². The Kier molecular flexibility index (Phi) is 3.29. The van der Waals surface area contributed by atoms with Crippen LogP contribution in [0.2, 0.25) is 0 Å². The van der Waals surface area contributed by atoms with E-state index >= 15 is 0 Å². The molecule has 1 N–H and O–H groups in total. The highest BCUT2D eigenvalue weighted by Gasteiger charge is 2.17. The number of rotatable bonds is 2. The van der Waals surface area contributed by atoms with Gasteiger partial charge in [-0.2, -0.15) is 0 Å². The van der Waals surface area contributed by atoms with E-state index in [1.807, 2.05) is 6.07 Å². The van der Waals surface area contributed by atoms with Gasteiger partial charge in [-0.05, 0) is 48.7 Å². The van der Waals surface area contributed by atoms with Crippen LogP contribution in [0, 0.1) is 6.92 Å². The molecule has 0 unspecified atom stereocenters. The fourth-order valence-corrected chi connectivity index (χ4v) is 2.34. The SMILES string of the molecule is C=CC(=O)N(C)c1ccc2c(c1C)CNCC2. The molecule has 2 rings (SSSR count). The van der Waals surface area contributed by atoms with Crippen LogP contribution >= 0.6 is 0 Å². The predicted octanol–water partition coefficient (Wildman–Crippen LogP) is 1.79. The molecule has 1 aromatic carbocycles. The van der Waals surface area contributed by atoms with Gasteiger partial charge in [-0.25, -0.2) is 0 Å². The van der Waals surface area contributed by atoms with E-state index in [0.717, 1.165) is 25.2 Å². The molecule has 1 aliphatic heterocycles. The summed E-state index contributed by atoms with van der Waals surface area (Å²) in [6.45, 7) is 7.53. The summed E-state index contributed by atoms with van der Waals surface area (Å²) in [7, 11) is 1.79. The van der Waals surface area contributed by atoms with Crippen LogP contribution in [0.1, 0.15) is 16.7 Å². The number of nitrogens with one attached hydrogen (secondary N) is 1. The van der Waals surface area contributed by atoms with E-state index in [-0.39, 0.29) is 5.91 Å². The maximum atomic E-state index is 11.6. The molecule has 0 saturated carbocycles. The molecule has 0 saturated heterocycles. The monoisotopic (exact) mass is 230 g/mol. The van der Waals surface area contributed by atoms with E-state index in [1.165, 1.54) is 22.8 Å². The number of nitrogens with zero attached hydrogens (tertiary/aromatic N) is 1. The first-order valence-electron chi connectivity index (χ1n) is 5.87. The normalized spacial score (nSPS) is 14.0. The van der Waals surface area contributed by atoms with Crippen molar-refractivity contribution in [3.8, 4) is 0 Å². The third kappa shape index (κ3) is 2.11. The number of carbonyl (C=O) groups excluding carboxylic acids is 1. The summed E-state index contributed by atoms with van der Waals surface area (Å²) in [4.78, 5) is 13.3. The van der Waals surface area contributed by atoms with Crippen molar-refractivity contribution < 1.29 is 4.79 Å². The fourth-order valence-electron chi connectivity index (χ4n) is 2.34. The first kappa shape index (κ1) is 11.9. The Morgan fingerprint density at radius 2 is 2.29 bits per heavy atom. The summed E-state index contributed by atoms with van der Waals surface area (Å²) in [6.07, 6.45) is 2.41. The maximum Gasteiger partial charge on any atom is 0.250 e. The molecule has 0 fully saturated rings. The van der Waals surface area contributed by atoms with Crippen molar-refractivity contribution in [3.05, 3.63) is 41.5 Å².